The van der Waals surface area contributed by atoms with Crippen LogP contribution in [0.4, 0.5) is 10.1 Å². The van der Waals surface area contributed by atoms with E-state index in [1.165, 1.54) is 10.9 Å². The zero-order valence-electron chi connectivity index (χ0n) is 18.3. The maximum atomic E-state index is 14.2. The summed E-state index contributed by atoms with van der Waals surface area (Å²) in [4.78, 5) is 18.7. The Morgan fingerprint density at radius 3 is 2.44 bits per heavy atom. The van der Waals surface area contributed by atoms with E-state index in [1.54, 1.807) is 36.6 Å². The fraction of sp³-hybridized carbons (Fsp3) is 0.320. The van der Waals surface area contributed by atoms with Crippen molar-refractivity contribution in [2.75, 3.05) is 38.2 Å². The van der Waals surface area contributed by atoms with Crippen molar-refractivity contribution in [1.29, 1.82) is 0 Å². The number of nitrogens with zero attached hydrogens (tertiary/aromatic N) is 2. The first-order valence-corrected chi connectivity index (χ1v) is 11.7. The van der Waals surface area contributed by atoms with Crippen molar-refractivity contribution < 1.29 is 13.9 Å². The smallest absolute Gasteiger partial charge is 0.255 e. The Bertz CT molecular complexity index is 1040. The predicted octanol–water partition coefficient (Wildman–Crippen LogP) is 4.58. The van der Waals surface area contributed by atoms with Crippen LogP contribution in [0, 0.1) is 5.82 Å². The molecule has 2 atom stereocenters. The Morgan fingerprint density at radius 1 is 1.03 bits per heavy atom. The van der Waals surface area contributed by atoms with Crippen LogP contribution >= 0.6 is 11.3 Å². The highest BCUT2D eigenvalue weighted by molar-refractivity contribution is 7.10. The maximum Gasteiger partial charge on any atom is 0.255 e. The molecule has 2 heterocycles. The molecule has 2 aromatic carbocycles. The van der Waals surface area contributed by atoms with E-state index in [9.17, 15) is 9.18 Å². The lowest BCUT2D eigenvalue weighted by atomic mass is 10.0. The molecule has 0 bridgehead atoms. The van der Waals surface area contributed by atoms with Gasteiger partial charge in [-0.3, -0.25) is 9.69 Å². The van der Waals surface area contributed by atoms with E-state index in [1.807, 2.05) is 37.3 Å². The van der Waals surface area contributed by atoms with Crippen molar-refractivity contribution in [3.63, 3.8) is 0 Å². The lowest BCUT2D eigenvalue weighted by Gasteiger charge is -2.42. The van der Waals surface area contributed by atoms with E-state index in [2.05, 4.69) is 26.6 Å². The molecule has 168 valence electrons. The number of carbonyl (C=O) groups excluding carboxylic acids is 1. The maximum absolute atomic E-state index is 14.2. The normalized spacial score (nSPS) is 16.4. The summed E-state index contributed by atoms with van der Waals surface area (Å²) in [6.45, 7) is 5.07. The van der Waals surface area contributed by atoms with E-state index < -0.39 is 0 Å². The molecular weight excluding hydrogens is 425 g/mol. The Balaban J connectivity index is 1.49. The third-order valence-corrected chi connectivity index (χ3v) is 6.86. The molecule has 1 fully saturated rings. The number of carbonyl (C=O) groups is 1. The van der Waals surface area contributed by atoms with E-state index >= 15 is 0 Å². The van der Waals surface area contributed by atoms with Crippen molar-refractivity contribution in [3.05, 3.63) is 82.3 Å². The highest BCUT2D eigenvalue weighted by atomic mass is 32.1. The zero-order valence-corrected chi connectivity index (χ0v) is 19.1. The molecule has 1 aromatic heterocycles. The summed E-state index contributed by atoms with van der Waals surface area (Å²) >= 11 is 1.69. The van der Waals surface area contributed by atoms with E-state index in [0.29, 0.717) is 17.0 Å². The monoisotopic (exact) mass is 453 g/mol. The summed E-state index contributed by atoms with van der Waals surface area (Å²) in [7, 11) is 1.57. The minimum absolute atomic E-state index is 0.0384. The van der Waals surface area contributed by atoms with Crippen molar-refractivity contribution in [1.82, 2.24) is 10.2 Å². The Labute approximate surface area is 192 Å². The van der Waals surface area contributed by atoms with Crippen molar-refractivity contribution in [2.24, 2.45) is 0 Å². The average molecular weight is 454 g/mol. The van der Waals surface area contributed by atoms with Gasteiger partial charge in [-0.05, 0) is 42.6 Å². The molecule has 32 heavy (non-hydrogen) atoms. The van der Waals surface area contributed by atoms with Crippen molar-refractivity contribution in [3.8, 4) is 5.75 Å². The lowest BCUT2D eigenvalue weighted by Crippen LogP contribution is -2.52. The molecule has 4 rings (SSSR count). The molecule has 1 N–H and O–H groups in total. The Morgan fingerprint density at radius 2 is 1.75 bits per heavy atom. The number of para-hydroxylation sites is 2. The predicted molar refractivity (Wildman–Crippen MR) is 127 cm³/mol. The second-order valence-electron chi connectivity index (χ2n) is 7.90. The molecule has 0 spiro atoms. The molecule has 1 amide bonds. The standard InChI is InChI=1S/C25H28FN3O2S/c1-18(27-25(30)19-8-3-6-11-22(19)31-2)24(23-12-7-17-32-23)29-15-13-28(14-16-29)21-10-5-4-9-20(21)26/h3-12,17-18,24H,13-16H2,1-2H3,(H,27,30). The van der Waals surface area contributed by atoms with Gasteiger partial charge in [0.1, 0.15) is 11.6 Å². The number of anilines is 1. The first kappa shape index (κ1) is 22.3. The first-order valence-electron chi connectivity index (χ1n) is 10.8. The van der Waals surface area contributed by atoms with Gasteiger partial charge in [0.25, 0.3) is 5.91 Å². The summed E-state index contributed by atoms with van der Waals surface area (Å²) < 4.78 is 19.6. The van der Waals surface area contributed by atoms with Gasteiger partial charge in [0, 0.05) is 37.1 Å². The number of amides is 1. The highest BCUT2D eigenvalue weighted by Crippen LogP contribution is 2.31. The summed E-state index contributed by atoms with van der Waals surface area (Å²) in [6, 6.07) is 18.2. The molecule has 1 saturated heterocycles. The second-order valence-corrected chi connectivity index (χ2v) is 8.88. The van der Waals surface area contributed by atoms with Gasteiger partial charge < -0.3 is 15.0 Å². The number of nitrogens with one attached hydrogen (secondary N) is 1. The number of benzene rings is 2. The summed E-state index contributed by atoms with van der Waals surface area (Å²) in [5.74, 6) is 0.220. The van der Waals surface area contributed by atoms with Crippen molar-refractivity contribution in [2.45, 2.75) is 19.0 Å². The quantitative estimate of drug-likeness (QED) is 0.569. The van der Waals surface area contributed by atoms with E-state index in [-0.39, 0.29) is 23.8 Å². The van der Waals surface area contributed by atoms with Crippen LogP contribution in [0.15, 0.2) is 66.0 Å². The molecule has 7 heteroatoms. The SMILES string of the molecule is COc1ccccc1C(=O)NC(C)C(c1cccs1)N1CCN(c2ccccc2F)CC1. The second kappa shape index (κ2) is 10.1. The number of halogens is 1. The van der Waals surface area contributed by atoms with Gasteiger partial charge in [-0.15, -0.1) is 11.3 Å². The van der Waals surface area contributed by atoms with Gasteiger partial charge >= 0.3 is 0 Å². The molecule has 1 aliphatic rings. The molecule has 3 aromatic rings. The summed E-state index contributed by atoms with van der Waals surface area (Å²) in [6.07, 6.45) is 0. The van der Waals surface area contributed by atoms with Crippen LogP contribution < -0.4 is 15.0 Å². The van der Waals surface area contributed by atoms with E-state index in [4.69, 9.17) is 4.74 Å². The molecule has 1 aliphatic heterocycles. The van der Waals surface area contributed by atoms with E-state index in [0.717, 1.165) is 26.2 Å². The molecule has 0 saturated carbocycles. The Kier molecular flexibility index (Phi) is 7.07. The van der Waals surface area contributed by atoms with Crippen LogP contribution in [0.25, 0.3) is 0 Å². The van der Waals surface area contributed by atoms with Gasteiger partial charge in [0.05, 0.1) is 24.4 Å². The van der Waals surface area contributed by atoms with Crippen LogP contribution in [-0.4, -0.2) is 50.1 Å². The number of ether oxygens (including phenoxy) is 1. The lowest BCUT2D eigenvalue weighted by molar-refractivity contribution is 0.0887. The number of piperazine rings is 1. The van der Waals surface area contributed by atoms with Gasteiger partial charge in [-0.2, -0.15) is 0 Å². The van der Waals surface area contributed by atoms with Crippen LogP contribution in [0.3, 0.4) is 0 Å². The fourth-order valence-corrected chi connectivity index (χ4v) is 5.31. The molecule has 5 nitrogen and oxygen atoms in total. The number of thiophene rings is 1. The topological polar surface area (TPSA) is 44.8 Å². The van der Waals surface area contributed by atoms with Gasteiger partial charge in [0.15, 0.2) is 0 Å². The van der Waals surface area contributed by atoms with Crippen LogP contribution in [0.2, 0.25) is 0 Å². The Hall–Kier alpha value is -2.90. The molecule has 2 unspecified atom stereocenters. The molecule has 0 aliphatic carbocycles. The number of rotatable bonds is 7. The minimum Gasteiger partial charge on any atom is -0.496 e. The largest absolute Gasteiger partial charge is 0.496 e. The van der Waals surface area contributed by atoms with Gasteiger partial charge in [-0.25, -0.2) is 4.39 Å². The van der Waals surface area contributed by atoms with Crippen LogP contribution in [-0.2, 0) is 0 Å². The van der Waals surface area contributed by atoms with Gasteiger partial charge in [0.2, 0.25) is 0 Å². The number of hydrogen-bond donors (Lipinski definition) is 1. The van der Waals surface area contributed by atoms with Gasteiger partial charge in [-0.1, -0.05) is 30.3 Å². The first-order chi connectivity index (χ1) is 15.6. The highest BCUT2D eigenvalue weighted by Gasteiger charge is 2.31. The molecule has 0 radical (unpaired) electrons. The van der Waals surface area contributed by atoms with Crippen molar-refractivity contribution >= 4 is 22.9 Å². The summed E-state index contributed by atoms with van der Waals surface area (Å²) in [5, 5.41) is 5.24. The third kappa shape index (κ3) is 4.79. The van der Waals surface area contributed by atoms with Crippen LogP contribution in [0.5, 0.6) is 5.75 Å². The summed E-state index contributed by atoms with van der Waals surface area (Å²) in [5.41, 5.74) is 1.17. The minimum atomic E-state index is -0.187. The van der Waals surface area contributed by atoms with Crippen LogP contribution in [0.1, 0.15) is 28.2 Å². The number of hydrogen-bond acceptors (Lipinski definition) is 5. The third-order valence-electron chi connectivity index (χ3n) is 5.92. The zero-order chi connectivity index (χ0) is 22.5. The molecular formula is C25H28FN3O2S. The fourth-order valence-electron chi connectivity index (χ4n) is 4.35. The number of methoxy groups -OCH3 is 1. The average Bonchev–Trinajstić information content (AvgIpc) is 3.34.